The maximum Gasteiger partial charge on any atom is 0.405 e. The number of hydrogen-bond acceptors (Lipinski definition) is 4. The Morgan fingerprint density at radius 2 is 2.30 bits per heavy atom. The van der Waals surface area contributed by atoms with Crippen molar-refractivity contribution in [2.24, 2.45) is 0 Å². The lowest BCUT2D eigenvalue weighted by atomic mass is 10.9. The second-order valence-corrected chi connectivity index (χ2v) is 4.20. The molecule has 0 aliphatic heterocycles. The fraction of sp³-hybridized carbons (Fsp3) is 0.750. The van der Waals surface area contributed by atoms with E-state index in [2.05, 4.69) is 4.52 Å². The van der Waals surface area contributed by atoms with Gasteiger partial charge in [0.05, 0.1) is 6.61 Å². The second-order valence-electron chi connectivity index (χ2n) is 1.41. The van der Waals surface area contributed by atoms with Crippen LogP contribution in [0.1, 0.15) is 6.92 Å². The molecule has 0 aromatic heterocycles. The van der Waals surface area contributed by atoms with Crippen molar-refractivity contribution >= 4 is 24.2 Å². The first-order chi connectivity index (χ1) is 4.54. The average Bonchev–Trinajstić information content (AvgIpc) is 1.86. The zero-order valence-corrected chi connectivity index (χ0v) is 7.45. The Kier molecular flexibility index (Phi) is 4.20. The van der Waals surface area contributed by atoms with E-state index >= 15 is 0 Å². The third kappa shape index (κ3) is 2.84. The van der Waals surface area contributed by atoms with Gasteiger partial charge in [-0.2, -0.15) is 0 Å². The lowest BCUT2D eigenvalue weighted by molar-refractivity contribution is 0.248. The Bertz CT molecular complexity index is 169. The quantitative estimate of drug-likeness (QED) is 0.676. The molecule has 0 aliphatic rings. The summed E-state index contributed by atoms with van der Waals surface area (Å²) < 4.78 is 15.0. The van der Waals surface area contributed by atoms with Crippen molar-refractivity contribution in [2.75, 3.05) is 12.9 Å². The Morgan fingerprint density at radius 1 is 1.80 bits per heavy atom. The molecule has 1 N–H and O–H groups in total. The summed E-state index contributed by atoms with van der Waals surface area (Å²) in [4.78, 5) is 18.5. The molecule has 0 saturated heterocycles. The Morgan fingerprint density at radius 3 is 2.60 bits per heavy atom. The molecule has 6 heteroatoms. The van der Waals surface area contributed by atoms with E-state index in [-0.39, 0.29) is 6.61 Å². The largest absolute Gasteiger partial charge is 0.405 e. The summed E-state index contributed by atoms with van der Waals surface area (Å²) in [5, 5.41) is 0. The normalized spacial score (nSPS) is 16.3. The molecule has 0 heterocycles. The van der Waals surface area contributed by atoms with E-state index in [1.165, 1.54) is 6.26 Å². The van der Waals surface area contributed by atoms with Gasteiger partial charge in [-0.25, -0.2) is 0 Å². The van der Waals surface area contributed by atoms with Gasteiger partial charge >= 0.3 is 7.60 Å². The summed E-state index contributed by atoms with van der Waals surface area (Å²) in [7, 11) is -3.96. The van der Waals surface area contributed by atoms with Crippen LogP contribution >= 0.6 is 19.4 Å². The molecule has 0 amide bonds. The Labute approximate surface area is 63.5 Å². The Hall–Kier alpha value is 0.170. The summed E-state index contributed by atoms with van der Waals surface area (Å²) in [6, 6.07) is 0. The number of hydrogen-bond donors (Lipinski definition) is 1. The smallest absolute Gasteiger partial charge is 0.318 e. The van der Waals surface area contributed by atoms with Gasteiger partial charge in [-0.05, 0) is 13.2 Å². The van der Waals surface area contributed by atoms with Crippen LogP contribution in [0.2, 0.25) is 0 Å². The fourth-order valence-corrected chi connectivity index (χ4v) is 1.88. The van der Waals surface area contributed by atoms with Gasteiger partial charge in [0.2, 0.25) is 0 Å². The van der Waals surface area contributed by atoms with E-state index in [4.69, 9.17) is 4.89 Å². The summed E-state index contributed by atoms with van der Waals surface area (Å²) >= 11 is 0.695. The lowest BCUT2D eigenvalue weighted by Gasteiger charge is -2.05. The van der Waals surface area contributed by atoms with Crippen molar-refractivity contribution in [1.29, 1.82) is 0 Å². The molecular formula is C4H9O4PS. The van der Waals surface area contributed by atoms with Crippen LogP contribution in [0.3, 0.4) is 0 Å². The predicted octanol–water partition coefficient (Wildman–Crippen LogP) is 1.69. The third-order valence-electron chi connectivity index (χ3n) is 0.709. The Balaban J connectivity index is 4.11. The summed E-state index contributed by atoms with van der Waals surface area (Å²) in [6.45, 7) is 1.62. The molecule has 10 heavy (non-hydrogen) atoms. The molecule has 0 fully saturated rings. The van der Waals surface area contributed by atoms with Gasteiger partial charge in [0.15, 0.2) is 0 Å². The number of carbonyl (C=O) groups excluding carboxylic acids is 1. The molecule has 4 nitrogen and oxygen atoms in total. The topological polar surface area (TPSA) is 63.6 Å². The molecule has 0 saturated carbocycles. The highest BCUT2D eigenvalue weighted by Gasteiger charge is 2.28. The van der Waals surface area contributed by atoms with Gasteiger partial charge in [0.25, 0.3) is 4.86 Å². The monoisotopic (exact) mass is 184 g/mol. The molecule has 0 aromatic carbocycles. The maximum atomic E-state index is 10.7. The first-order valence-corrected chi connectivity index (χ1v) is 5.40. The van der Waals surface area contributed by atoms with E-state index in [0.29, 0.717) is 11.8 Å². The van der Waals surface area contributed by atoms with Crippen molar-refractivity contribution in [3.63, 3.8) is 0 Å². The first-order valence-electron chi connectivity index (χ1n) is 2.60. The highest BCUT2D eigenvalue weighted by atomic mass is 32.2. The molecule has 0 aromatic rings. The van der Waals surface area contributed by atoms with E-state index in [9.17, 15) is 9.36 Å². The van der Waals surface area contributed by atoms with Crippen molar-refractivity contribution in [3.8, 4) is 0 Å². The van der Waals surface area contributed by atoms with Gasteiger partial charge in [-0.1, -0.05) is 11.8 Å². The van der Waals surface area contributed by atoms with E-state index in [1.54, 1.807) is 6.92 Å². The zero-order chi connectivity index (χ0) is 8.20. The van der Waals surface area contributed by atoms with E-state index in [0.717, 1.165) is 0 Å². The van der Waals surface area contributed by atoms with Gasteiger partial charge in [0, 0.05) is 0 Å². The van der Waals surface area contributed by atoms with Gasteiger partial charge in [-0.15, -0.1) is 0 Å². The van der Waals surface area contributed by atoms with Crippen LogP contribution in [-0.4, -0.2) is 22.6 Å². The van der Waals surface area contributed by atoms with Crippen LogP contribution in [-0.2, 0) is 9.09 Å². The van der Waals surface area contributed by atoms with Crippen molar-refractivity contribution in [3.05, 3.63) is 0 Å². The average molecular weight is 184 g/mol. The zero-order valence-electron chi connectivity index (χ0n) is 5.73. The first kappa shape index (κ1) is 10.2. The third-order valence-corrected chi connectivity index (χ3v) is 3.37. The second kappa shape index (κ2) is 4.13. The molecular weight excluding hydrogens is 175 g/mol. The molecule has 0 rings (SSSR count). The molecule has 0 spiro atoms. The lowest BCUT2D eigenvalue weighted by Crippen LogP contribution is -1.95. The summed E-state index contributed by atoms with van der Waals surface area (Å²) in [6.07, 6.45) is 1.43. The maximum absolute atomic E-state index is 10.7. The van der Waals surface area contributed by atoms with Gasteiger partial charge in [-0.3, -0.25) is 9.36 Å². The highest BCUT2D eigenvalue weighted by molar-refractivity contribution is 8.24. The SMILES string of the molecule is CCOP(=O)(O)C(=O)SC. The molecule has 0 bridgehead atoms. The van der Waals surface area contributed by atoms with E-state index in [1.807, 2.05) is 0 Å². The van der Waals surface area contributed by atoms with Crippen molar-refractivity contribution in [1.82, 2.24) is 0 Å². The minimum atomic E-state index is -3.96. The standard InChI is InChI=1S/C4H9O4PS/c1-3-8-9(6,7)4(5)10-2/h3H2,1-2H3,(H,6,7). The van der Waals surface area contributed by atoms with Crippen LogP contribution in [0.15, 0.2) is 0 Å². The molecule has 1 atom stereocenters. The van der Waals surface area contributed by atoms with Crippen LogP contribution in [0, 0.1) is 0 Å². The fourth-order valence-electron chi connectivity index (χ4n) is 0.343. The number of thioether (sulfide) groups is 1. The van der Waals surface area contributed by atoms with Crippen LogP contribution in [0.25, 0.3) is 0 Å². The van der Waals surface area contributed by atoms with Gasteiger partial charge < -0.3 is 9.42 Å². The van der Waals surface area contributed by atoms with Crippen LogP contribution in [0.4, 0.5) is 4.79 Å². The number of rotatable bonds is 3. The van der Waals surface area contributed by atoms with Crippen LogP contribution in [0.5, 0.6) is 0 Å². The van der Waals surface area contributed by atoms with Crippen LogP contribution < -0.4 is 0 Å². The van der Waals surface area contributed by atoms with Gasteiger partial charge in [0.1, 0.15) is 0 Å². The number of carbonyl (C=O) groups is 1. The summed E-state index contributed by atoms with van der Waals surface area (Å²) in [5.74, 6) is 0. The molecule has 1 unspecified atom stereocenters. The van der Waals surface area contributed by atoms with E-state index < -0.39 is 12.5 Å². The highest BCUT2D eigenvalue weighted by Crippen LogP contribution is 2.46. The molecule has 60 valence electrons. The van der Waals surface area contributed by atoms with Crippen molar-refractivity contribution in [2.45, 2.75) is 6.92 Å². The summed E-state index contributed by atoms with van der Waals surface area (Å²) in [5.41, 5.74) is 0. The predicted molar refractivity (Wildman–Crippen MR) is 40.4 cm³/mol. The minimum Gasteiger partial charge on any atom is -0.318 e. The minimum absolute atomic E-state index is 0.0695. The molecule has 0 radical (unpaired) electrons. The molecule has 0 aliphatic carbocycles. The van der Waals surface area contributed by atoms with Crippen molar-refractivity contribution < 1.29 is 18.8 Å².